The standard InChI is InChI=1S/C10H7BrF3N/c11-6-2-1-3-8-4-5-9(15-7-8)10(12,13)14/h4-5,7H,2,6H2. The third-order valence-electron chi connectivity index (χ3n) is 1.51. The molecule has 1 aromatic rings. The van der Waals surface area contributed by atoms with Crippen molar-refractivity contribution in [1.29, 1.82) is 0 Å². The van der Waals surface area contributed by atoms with Gasteiger partial charge in [-0.1, -0.05) is 27.8 Å². The van der Waals surface area contributed by atoms with Gasteiger partial charge in [-0.05, 0) is 12.1 Å². The Hall–Kier alpha value is -1.02. The molecule has 15 heavy (non-hydrogen) atoms. The molecule has 1 rings (SSSR count). The molecular weight excluding hydrogens is 271 g/mol. The van der Waals surface area contributed by atoms with Gasteiger partial charge in [-0.15, -0.1) is 0 Å². The van der Waals surface area contributed by atoms with Crippen molar-refractivity contribution < 1.29 is 13.2 Å². The molecule has 0 aromatic carbocycles. The molecular formula is C10H7BrF3N. The molecule has 0 saturated carbocycles. The van der Waals surface area contributed by atoms with Gasteiger partial charge in [0.2, 0.25) is 0 Å². The molecule has 0 radical (unpaired) electrons. The van der Waals surface area contributed by atoms with Gasteiger partial charge in [0.25, 0.3) is 0 Å². The second kappa shape index (κ2) is 5.17. The van der Waals surface area contributed by atoms with E-state index in [9.17, 15) is 13.2 Å². The third-order valence-corrected chi connectivity index (χ3v) is 1.90. The molecule has 0 atom stereocenters. The molecule has 5 heteroatoms. The average molecular weight is 278 g/mol. The van der Waals surface area contributed by atoms with Gasteiger partial charge in [0.15, 0.2) is 0 Å². The number of hydrogen-bond donors (Lipinski definition) is 0. The zero-order chi connectivity index (χ0) is 11.3. The first-order valence-corrected chi connectivity index (χ1v) is 5.24. The lowest BCUT2D eigenvalue weighted by Gasteiger charge is -2.03. The molecule has 0 N–H and O–H groups in total. The quantitative estimate of drug-likeness (QED) is 0.567. The largest absolute Gasteiger partial charge is 0.433 e. The topological polar surface area (TPSA) is 12.9 Å². The molecule has 0 spiro atoms. The van der Waals surface area contributed by atoms with E-state index in [-0.39, 0.29) is 0 Å². The van der Waals surface area contributed by atoms with Crippen LogP contribution in [0.25, 0.3) is 0 Å². The summed E-state index contributed by atoms with van der Waals surface area (Å²) in [5, 5.41) is 0.744. The van der Waals surface area contributed by atoms with Crippen molar-refractivity contribution in [2.45, 2.75) is 12.6 Å². The lowest BCUT2D eigenvalue weighted by Crippen LogP contribution is -2.07. The molecule has 80 valence electrons. The Morgan fingerprint density at radius 2 is 2.07 bits per heavy atom. The number of halogens is 4. The lowest BCUT2D eigenvalue weighted by atomic mass is 10.2. The number of alkyl halides is 4. The summed E-state index contributed by atoms with van der Waals surface area (Å²) in [4.78, 5) is 3.29. The first kappa shape index (κ1) is 12.1. The molecule has 0 saturated heterocycles. The van der Waals surface area contributed by atoms with Gasteiger partial charge in [0.1, 0.15) is 5.69 Å². The Morgan fingerprint density at radius 3 is 2.53 bits per heavy atom. The summed E-state index contributed by atoms with van der Waals surface area (Å²) in [6, 6.07) is 2.25. The normalized spacial score (nSPS) is 10.7. The van der Waals surface area contributed by atoms with Crippen LogP contribution in [-0.4, -0.2) is 10.3 Å². The molecule has 1 nitrogen and oxygen atoms in total. The maximum atomic E-state index is 12.1. The average Bonchev–Trinajstić information content (AvgIpc) is 2.18. The van der Waals surface area contributed by atoms with Crippen LogP contribution in [0.1, 0.15) is 17.7 Å². The van der Waals surface area contributed by atoms with Crippen LogP contribution in [0.4, 0.5) is 13.2 Å². The fraction of sp³-hybridized carbons (Fsp3) is 0.300. The summed E-state index contributed by atoms with van der Waals surface area (Å²) in [5.74, 6) is 5.51. The minimum Gasteiger partial charge on any atom is -0.250 e. The van der Waals surface area contributed by atoms with Crippen LogP contribution in [0, 0.1) is 11.8 Å². The van der Waals surface area contributed by atoms with Crippen LogP contribution >= 0.6 is 15.9 Å². The van der Waals surface area contributed by atoms with Crippen molar-refractivity contribution in [2.24, 2.45) is 0 Å². The summed E-state index contributed by atoms with van der Waals surface area (Å²) >= 11 is 3.19. The van der Waals surface area contributed by atoms with Gasteiger partial charge in [-0.25, -0.2) is 0 Å². The summed E-state index contributed by atoms with van der Waals surface area (Å²) < 4.78 is 36.4. The monoisotopic (exact) mass is 277 g/mol. The summed E-state index contributed by atoms with van der Waals surface area (Å²) in [7, 11) is 0. The van der Waals surface area contributed by atoms with Crippen molar-refractivity contribution >= 4 is 15.9 Å². The van der Waals surface area contributed by atoms with Gasteiger partial charge in [0, 0.05) is 23.5 Å². The van der Waals surface area contributed by atoms with Gasteiger partial charge >= 0.3 is 6.18 Å². The van der Waals surface area contributed by atoms with Gasteiger partial charge < -0.3 is 0 Å². The predicted octanol–water partition coefficient (Wildman–Crippen LogP) is 3.24. The lowest BCUT2D eigenvalue weighted by molar-refractivity contribution is -0.141. The van der Waals surface area contributed by atoms with E-state index in [1.165, 1.54) is 6.07 Å². The highest BCUT2D eigenvalue weighted by Crippen LogP contribution is 2.26. The van der Waals surface area contributed by atoms with Crippen LogP contribution in [0.15, 0.2) is 18.3 Å². The van der Waals surface area contributed by atoms with Crippen molar-refractivity contribution in [3.05, 3.63) is 29.6 Å². The van der Waals surface area contributed by atoms with E-state index in [1.807, 2.05) is 0 Å². The van der Waals surface area contributed by atoms with Crippen molar-refractivity contribution in [3.8, 4) is 11.8 Å². The van der Waals surface area contributed by atoms with Gasteiger partial charge in [-0.3, -0.25) is 4.98 Å². The number of aromatic nitrogens is 1. The van der Waals surface area contributed by atoms with Crippen molar-refractivity contribution in [1.82, 2.24) is 4.98 Å². The van der Waals surface area contributed by atoms with Crippen LogP contribution in [0.5, 0.6) is 0 Å². The van der Waals surface area contributed by atoms with E-state index < -0.39 is 11.9 Å². The van der Waals surface area contributed by atoms with E-state index >= 15 is 0 Å². The Morgan fingerprint density at radius 1 is 1.33 bits per heavy atom. The van der Waals surface area contributed by atoms with Gasteiger partial charge in [0.05, 0.1) is 0 Å². The molecule has 0 fully saturated rings. The van der Waals surface area contributed by atoms with Crippen molar-refractivity contribution in [2.75, 3.05) is 5.33 Å². The highest BCUT2D eigenvalue weighted by atomic mass is 79.9. The fourth-order valence-electron chi connectivity index (χ4n) is 0.847. The SMILES string of the molecule is FC(F)(F)c1ccc(C#CCCBr)cn1. The molecule has 0 bridgehead atoms. The molecule has 0 amide bonds. The number of nitrogens with zero attached hydrogens (tertiary/aromatic N) is 1. The Bertz CT molecular complexity index is 372. The predicted molar refractivity (Wildman–Crippen MR) is 54.5 cm³/mol. The Balaban J connectivity index is 2.79. The minimum atomic E-state index is -4.39. The molecule has 0 aliphatic heterocycles. The summed E-state index contributed by atoms with van der Waals surface area (Å²) in [5.41, 5.74) is -0.405. The van der Waals surface area contributed by atoms with E-state index in [0.717, 1.165) is 17.6 Å². The van der Waals surface area contributed by atoms with Crippen LogP contribution in [-0.2, 0) is 6.18 Å². The zero-order valence-electron chi connectivity index (χ0n) is 7.61. The van der Waals surface area contributed by atoms with Gasteiger partial charge in [-0.2, -0.15) is 13.2 Å². The fourth-order valence-corrected chi connectivity index (χ4v) is 1.05. The number of rotatable bonds is 1. The molecule has 0 aliphatic rings. The van der Waals surface area contributed by atoms with Crippen LogP contribution < -0.4 is 0 Å². The van der Waals surface area contributed by atoms with Crippen molar-refractivity contribution in [3.63, 3.8) is 0 Å². The second-order valence-corrected chi connectivity index (χ2v) is 3.46. The molecule has 0 unspecified atom stereocenters. The Kier molecular flexibility index (Phi) is 4.15. The highest BCUT2D eigenvalue weighted by Gasteiger charge is 2.31. The van der Waals surface area contributed by atoms with Crippen LogP contribution in [0.2, 0.25) is 0 Å². The third kappa shape index (κ3) is 3.92. The summed E-state index contributed by atoms with van der Waals surface area (Å²) in [6.45, 7) is 0. The Labute approximate surface area is 93.8 Å². The molecule has 0 aliphatic carbocycles. The van der Waals surface area contributed by atoms with E-state index in [1.54, 1.807) is 0 Å². The first-order valence-electron chi connectivity index (χ1n) is 4.12. The van der Waals surface area contributed by atoms with E-state index in [0.29, 0.717) is 12.0 Å². The maximum absolute atomic E-state index is 12.1. The highest BCUT2D eigenvalue weighted by molar-refractivity contribution is 9.09. The number of pyridine rings is 1. The maximum Gasteiger partial charge on any atom is 0.433 e. The molecule has 1 aromatic heterocycles. The smallest absolute Gasteiger partial charge is 0.250 e. The van der Waals surface area contributed by atoms with E-state index in [2.05, 4.69) is 32.8 Å². The summed E-state index contributed by atoms with van der Waals surface area (Å²) in [6.07, 6.45) is -2.60. The molecule has 1 heterocycles. The van der Waals surface area contributed by atoms with Crippen LogP contribution in [0.3, 0.4) is 0 Å². The van der Waals surface area contributed by atoms with E-state index in [4.69, 9.17) is 0 Å². The first-order chi connectivity index (χ1) is 7.04. The number of hydrogen-bond acceptors (Lipinski definition) is 1. The zero-order valence-corrected chi connectivity index (χ0v) is 9.19. The minimum absolute atomic E-state index is 0.490. The second-order valence-electron chi connectivity index (χ2n) is 2.67.